The zero-order valence-electron chi connectivity index (χ0n) is 11.7. The first kappa shape index (κ1) is 14.3. The number of halogens is 1. The zero-order valence-corrected chi connectivity index (χ0v) is 11.7. The molecular formula is C16H18FNO2. The first-order valence-corrected chi connectivity index (χ1v) is 6.44. The summed E-state index contributed by atoms with van der Waals surface area (Å²) in [5.41, 5.74) is 1.99. The molecule has 1 aromatic carbocycles. The van der Waals surface area contributed by atoms with Gasteiger partial charge < -0.3 is 14.4 Å². The number of nitrogens with zero attached hydrogens (tertiary/aromatic N) is 1. The molecule has 2 rings (SSSR count). The Labute approximate surface area is 118 Å². The molecule has 0 radical (unpaired) electrons. The summed E-state index contributed by atoms with van der Waals surface area (Å²) in [5, 5.41) is 0. The number of ether oxygens (including phenoxy) is 2. The van der Waals surface area contributed by atoms with Gasteiger partial charge >= 0.3 is 0 Å². The van der Waals surface area contributed by atoms with Gasteiger partial charge in [-0.15, -0.1) is 0 Å². The first-order chi connectivity index (χ1) is 9.69. The molecule has 0 saturated carbocycles. The highest BCUT2D eigenvalue weighted by molar-refractivity contribution is 5.74. The van der Waals surface area contributed by atoms with Crippen LogP contribution in [0.1, 0.15) is 12.5 Å². The van der Waals surface area contributed by atoms with Gasteiger partial charge in [0.25, 0.3) is 0 Å². The molecule has 0 fully saturated rings. The van der Waals surface area contributed by atoms with E-state index in [0.717, 1.165) is 11.4 Å². The monoisotopic (exact) mass is 275 g/mol. The third-order valence-corrected chi connectivity index (χ3v) is 3.06. The van der Waals surface area contributed by atoms with Crippen LogP contribution in [0.2, 0.25) is 0 Å². The summed E-state index contributed by atoms with van der Waals surface area (Å²) in [6.07, 6.45) is 5.61. The number of methoxy groups -OCH3 is 1. The Bertz CT molecular complexity index is 564. The van der Waals surface area contributed by atoms with Crippen molar-refractivity contribution in [2.24, 2.45) is 0 Å². The van der Waals surface area contributed by atoms with E-state index in [1.807, 2.05) is 30.1 Å². The average molecular weight is 275 g/mol. The molecule has 0 bridgehead atoms. The van der Waals surface area contributed by atoms with Gasteiger partial charge in [0.05, 0.1) is 11.3 Å². The fourth-order valence-corrected chi connectivity index (χ4v) is 2.17. The van der Waals surface area contributed by atoms with Crippen LogP contribution < -0.4 is 4.74 Å². The fourth-order valence-electron chi connectivity index (χ4n) is 2.17. The van der Waals surface area contributed by atoms with Crippen molar-refractivity contribution in [3.05, 3.63) is 60.1 Å². The van der Waals surface area contributed by atoms with Gasteiger partial charge in [-0.25, -0.2) is 4.39 Å². The number of rotatable bonds is 5. The van der Waals surface area contributed by atoms with Gasteiger partial charge in [0.15, 0.2) is 6.79 Å². The Hall–Kier alpha value is -2.07. The Balaban J connectivity index is 2.47. The van der Waals surface area contributed by atoms with Crippen LogP contribution in [-0.4, -0.2) is 25.3 Å². The maximum atomic E-state index is 14.3. The van der Waals surface area contributed by atoms with Gasteiger partial charge in [-0.2, -0.15) is 0 Å². The van der Waals surface area contributed by atoms with E-state index in [0.29, 0.717) is 17.9 Å². The molecule has 0 amide bonds. The minimum absolute atomic E-state index is 0.0760. The number of hydrogen-bond acceptors (Lipinski definition) is 3. The van der Waals surface area contributed by atoms with E-state index in [4.69, 9.17) is 9.47 Å². The molecule has 0 spiro atoms. The van der Waals surface area contributed by atoms with Crippen LogP contribution in [0.5, 0.6) is 5.75 Å². The molecule has 0 unspecified atom stereocenters. The van der Waals surface area contributed by atoms with Crippen LogP contribution in [0.4, 0.5) is 4.39 Å². The molecule has 3 nitrogen and oxygen atoms in total. The summed E-state index contributed by atoms with van der Waals surface area (Å²) in [6.45, 7) is 6.75. The van der Waals surface area contributed by atoms with Crippen LogP contribution in [0, 0.1) is 5.82 Å². The Morgan fingerprint density at radius 3 is 2.85 bits per heavy atom. The predicted molar refractivity (Wildman–Crippen MR) is 77.5 cm³/mol. The third-order valence-electron chi connectivity index (χ3n) is 3.06. The van der Waals surface area contributed by atoms with Gasteiger partial charge in [0.1, 0.15) is 11.6 Å². The van der Waals surface area contributed by atoms with Crippen molar-refractivity contribution in [1.82, 2.24) is 4.90 Å². The SMILES string of the molecule is C=C1C=CC=C(c2c(F)cccc2OCOC)N1CC. The second kappa shape index (κ2) is 6.39. The van der Waals surface area contributed by atoms with Crippen molar-refractivity contribution >= 4 is 5.70 Å². The maximum Gasteiger partial charge on any atom is 0.188 e. The largest absolute Gasteiger partial charge is 0.467 e. The standard InChI is InChI=1S/C16H18FNO2/c1-4-18-12(2)7-5-9-14(18)16-13(17)8-6-10-15(16)20-11-19-3/h5-10H,2,4,11H2,1,3H3. The van der Waals surface area contributed by atoms with Crippen molar-refractivity contribution < 1.29 is 13.9 Å². The molecular weight excluding hydrogens is 257 g/mol. The number of likely N-dealkylation sites (N-methyl/N-ethyl adjacent to an activating group) is 1. The minimum atomic E-state index is -0.327. The van der Waals surface area contributed by atoms with Crippen molar-refractivity contribution in [1.29, 1.82) is 0 Å². The van der Waals surface area contributed by atoms with Gasteiger partial charge in [-0.1, -0.05) is 18.7 Å². The third kappa shape index (κ3) is 2.75. The molecule has 0 saturated heterocycles. The van der Waals surface area contributed by atoms with E-state index in [1.54, 1.807) is 12.1 Å². The van der Waals surface area contributed by atoms with E-state index in [1.165, 1.54) is 13.2 Å². The molecule has 0 N–H and O–H groups in total. The highest BCUT2D eigenvalue weighted by Crippen LogP contribution is 2.34. The minimum Gasteiger partial charge on any atom is -0.467 e. The lowest BCUT2D eigenvalue weighted by molar-refractivity contribution is 0.0506. The van der Waals surface area contributed by atoms with E-state index in [2.05, 4.69) is 6.58 Å². The summed E-state index contributed by atoms with van der Waals surface area (Å²) < 4.78 is 24.6. The fraction of sp³-hybridized carbons (Fsp3) is 0.250. The highest BCUT2D eigenvalue weighted by atomic mass is 19.1. The van der Waals surface area contributed by atoms with Crippen LogP contribution in [0.25, 0.3) is 5.70 Å². The molecule has 0 atom stereocenters. The number of benzene rings is 1. The molecule has 1 aromatic rings. The molecule has 0 aliphatic carbocycles. The molecule has 4 heteroatoms. The number of hydrogen-bond donors (Lipinski definition) is 0. The average Bonchev–Trinajstić information content (AvgIpc) is 2.45. The van der Waals surface area contributed by atoms with Crippen molar-refractivity contribution in [2.45, 2.75) is 6.92 Å². The predicted octanol–water partition coefficient (Wildman–Crippen LogP) is 3.55. The van der Waals surface area contributed by atoms with Crippen molar-refractivity contribution in [2.75, 3.05) is 20.4 Å². The van der Waals surface area contributed by atoms with E-state index in [9.17, 15) is 4.39 Å². The van der Waals surface area contributed by atoms with Gasteiger partial charge in [0, 0.05) is 19.4 Å². The van der Waals surface area contributed by atoms with E-state index < -0.39 is 0 Å². The number of allylic oxidation sites excluding steroid dienone is 3. The first-order valence-electron chi connectivity index (χ1n) is 6.44. The Kier molecular flexibility index (Phi) is 4.58. The van der Waals surface area contributed by atoms with Crippen LogP contribution >= 0.6 is 0 Å². The summed E-state index contributed by atoms with van der Waals surface area (Å²) in [4.78, 5) is 1.94. The quantitative estimate of drug-likeness (QED) is 0.767. The summed E-state index contributed by atoms with van der Waals surface area (Å²) in [6, 6.07) is 4.77. The van der Waals surface area contributed by atoms with Crippen molar-refractivity contribution in [3.8, 4) is 5.75 Å². The summed E-state index contributed by atoms with van der Waals surface area (Å²) in [5.74, 6) is 0.131. The molecule has 1 aliphatic heterocycles. The van der Waals surface area contributed by atoms with Crippen LogP contribution in [-0.2, 0) is 4.74 Å². The maximum absolute atomic E-state index is 14.3. The van der Waals surface area contributed by atoms with Gasteiger partial charge in [0.2, 0.25) is 0 Å². The van der Waals surface area contributed by atoms with Crippen molar-refractivity contribution in [3.63, 3.8) is 0 Å². The van der Waals surface area contributed by atoms with E-state index >= 15 is 0 Å². The molecule has 106 valence electrons. The second-order valence-electron chi connectivity index (χ2n) is 4.31. The molecule has 1 aliphatic rings. The second-order valence-corrected chi connectivity index (χ2v) is 4.31. The molecule has 20 heavy (non-hydrogen) atoms. The zero-order chi connectivity index (χ0) is 14.5. The lowest BCUT2D eigenvalue weighted by Gasteiger charge is -2.29. The molecule has 1 heterocycles. The van der Waals surface area contributed by atoms with Crippen LogP contribution in [0.15, 0.2) is 48.7 Å². The lowest BCUT2D eigenvalue weighted by atomic mass is 10.1. The van der Waals surface area contributed by atoms with Gasteiger partial charge in [-0.05, 0) is 31.2 Å². The lowest BCUT2D eigenvalue weighted by Crippen LogP contribution is -2.22. The normalized spacial score (nSPS) is 14.4. The molecule has 0 aromatic heterocycles. The Morgan fingerprint density at radius 1 is 1.35 bits per heavy atom. The van der Waals surface area contributed by atoms with E-state index in [-0.39, 0.29) is 12.6 Å². The summed E-state index contributed by atoms with van der Waals surface area (Å²) in [7, 11) is 1.53. The van der Waals surface area contributed by atoms with Crippen LogP contribution in [0.3, 0.4) is 0 Å². The smallest absolute Gasteiger partial charge is 0.188 e. The van der Waals surface area contributed by atoms with Gasteiger partial charge in [-0.3, -0.25) is 0 Å². The summed E-state index contributed by atoms with van der Waals surface area (Å²) >= 11 is 0. The Morgan fingerprint density at radius 2 is 2.15 bits per heavy atom. The topological polar surface area (TPSA) is 21.7 Å². The highest BCUT2D eigenvalue weighted by Gasteiger charge is 2.21.